The van der Waals surface area contributed by atoms with E-state index < -0.39 is 0 Å². The van der Waals surface area contributed by atoms with Crippen LogP contribution >= 0.6 is 11.6 Å². The number of halogens is 1. The molecule has 1 heterocycles. The minimum absolute atomic E-state index is 0.0311. The number of hydrogen-bond donors (Lipinski definition) is 1. The number of nitrogens with one attached hydrogen (secondary N) is 1. The Labute approximate surface area is 136 Å². The van der Waals surface area contributed by atoms with E-state index in [4.69, 9.17) is 11.6 Å². The zero-order valence-electron chi connectivity index (χ0n) is 13.1. The highest BCUT2D eigenvalue weighted by Crippen LogP contribution is 2.16. The van der Waals surface area contributed by atoms with Gasteiger partial charge < -0.3 is 10.2 Å². The van der Waals surface area contributed by atoms with Crippen LogP contribution in [0.5, 0.6) is 0 Å². The molecule has 22 heavy (non-hydrogen) atoms. The quantitative estimate of drug-likeness (QED) is 0.926. The first kappa shape index (κ1) is 16.8. The van der Waals surface area contributed by atoms with Crippen molar-refractivity contribution in [3.05, 3.63) is 34.9 Å². The molecule has 0 atom stereocenters. The molecule has 0 aromatic heterocycles. The molecule has 1 aliphatic heterocycles. The maximum absolute atomic E-state index is 12.4. The highest BCUT2D eigenvalue weighted by Gasteiger charge is 2.24. The molecule has 0 unspecified atom stereocenters. The van der Waals surface area contributed by atoms with E-state index in [0.717, 1.165) is 12.8 Å². The maximum Gasteiger partial charge on any atom is 0.253 e. The fourth-order valence-electron chi connectivity index (χ4n) is 2.66. The van der Waals surface area contributed by atoms with Gasteiger partial charge in [-0.3, -0.25) is 9.59 Å². The lowest BCUT2D eigenvalue weighted by molar-refractivity contribution is -0.122. The van der Waals surface area contributed by atoms with E-state index in [1.54, 1.807) is 24.3 Å². The third kappa shape index (κ3) is 4.73. The van der Waals surface area contributed by atoms with Gasteiger partial charge in [-0.1, -0.05) is 25.4 Å². The van der Waals surface area contributed by atoms with Gasteiger partial charge in [0.2, 0.25) is 5.91 Å². The van der Waals surface area contributed by atoms with Crippen molar-refractivity contribution < 1.29 is 9.59 Å². The van der Waals surface area contributed by atoms with Gasteiger partial charge in [-0.15, -0.1) is 0 Å². The molecule has 1 N–H and O–H groups in total. The number of likely N-dealkylation sites (tertiary alicyclic amines) is 1. The van der Waals surface area contributed by atoms with E-state index in [-0.39, 0.29) is 17.9 Å². The Hall–Kier alpha value is -1.55. The normalized spacial score (nSPS) is 15.9. The van der Waals surface area contributed by atoms with Gasteiger partial charge in [0.25, 0.3) is 5.91 Å². The Morgan fingerprint density at radius 1 is 1.23 bits per heavy atom. The first-order valence-corrected chi connectivity index (χ1v) is 8.17. The van der Waals surface area contributed by atoms with E-state index in [2.05, 4.69) is 5.32 Å². The molecule has 0 aliphatic carbocycles. The number of hydrogen-bond acceptors (Lipinski definition) is 2. The smallest absolute Gasteiger partial charge is 0.253 e. The van der Waals surface area contributed by atoms with Crippen molar-refractivity contribution in [3.8, 4) is 0 Å². The second-order valence-electron chi connectivity index (χ2n) is 6.24. The van der Waals surface area contributed by atoms with Crippen LogP contribution in [0.15, 0.2) is 24.3 Å². The van der Waals surface area contributed by atoms with Gasteiger partial charge >= 0.3 is 0 Å². The van der Waals surface area contributed by atoms with Crippen molar-refractivity contribution in [2.75, 3.05) is 13.1 Å². The van der Waals surface area contributed by atoms with E-state index in [1.165, 1.54) is 0 Å². The first-order chi connectivity index (χ1) is 10.5. The zero-order chi connectivity index (χ0) is 16.1. The summed E-state index contributed by atoms with van der Waals surface area (Å²) in [5.74, 6) is 0.507. The lowest BCUT2D eigenvalue weighted by Crippen LogP contribution is -2.46. The van der Waals surface area contributed by atoms with Gasteiger partial charge in [-0.25, -0.2) is 0 Å². The number of amides is 2. The highest BCUT2D eigenvalue weighted by molar-refractivity contribution is 6.30. The van der Waals surface area contributed by atoms with Gasteiger partial charge in [0.1, 0.15) is 0 Å². The van der Waals surface area contributed by atoms with Crippen molar-refractivity contribution in [2.24, 2.45) is 5.92 Å². The van der Waals surface area contributed by atoms with Gasteiger partial charge in [-0.05, 0) is 43.0 Å². The van der Waals surface area contributed by atoms with Gasteiger partial charge in [0, 0.05) is 36.1 Å². The second-order valence-corrected chi connectivity index (χ2v) is 6.68. The molecule has 1 aromatic carbocycles. The lowest BCUT2D eigenvalue weighted by atomic mass is 10.0. The SMILES string of the molecule is CC(C)CC(=O)NC1CCN(C(=O)c2ccc(Cl)cc2)CC1. The predicted octanol–water partition coefficient (Wildman–Crippen LogP) is 3.11. The number of carbonyl (C=O) groups excluding carboxylic acids is 2. The Bertz CT molecular complexity index is 520. The summed E-state index contributed by atoms with van der Waals surface area (Å²) >= 11 is 5.84. The van der Waals surface area contributed by atoms with E-state index >= 15 is 0 Å². The largest absolute Gasteiger partial charge is 0.353 e. The molecular formula is C17H23ClN2O2. The number of piperidine rings is 1. The molecule has 2 amide bonds. The second kappa shape index (κ2) is 7.63. The molecule has 1 saturated heterocycles. The van der Waals surface area contributed by atoms with Crippen LogP contribution in [-0.2, 0) is 4.79 Å². The standard InChI is InChI=1S/C17H23ClN2O2/c1-12(2)11-16(21)19-15-7-9-20(10-8-15)17(22)13-3-5-14(18)6-4-13/h3-6,12,15H,7-11H2,1-2H3,(H,19,21). The molecule has 1 fully saturated rings. The summed E-state index contributed by atoms with van der Waals surface area (Å²) in [6.07, 6.45) is 2.18. The Kier molecular flexibility index (Phi) is 5.83. The van der Waals surface area contributed by atoms with Crippen molar-refractivity contribution >= 4 is 23.4 Å². The van der Waals surface area contributed by atoms with Crippen LogP contribution in [0.3, 0.4) is 0 Å². The lowest BCUT2D eigenvalue weighted by Gasteiger charge is -2.32. The molecule has 120 valence electrons. The van der Waals surface area contributed by atoms with Crippen LogP contribution in [0.1, 0.15) is 43.5 Å². The maximum atomic E-state index is 12.4. The van der Waals surface area contributed by atoms with Crippen molar-refractivity contribution in [1.82, 2.24) is 10.2 Å². The number of carbonyl (C=O) groups is 2. The Morgan fingerprint density at radius 2 is 1.82 bits per heavy atom. The first-order valence-electron chi connectivity index (χ1n) is 7.80. The predicted molar refractivity (Wildman–Crippen MR) is 88.0 cm³/mol. The van der Waals surface area contributed by atoms with Crippen molar-refractivity contribution in [2.45, 2.75) is 39.2 Å². The summed E-state index contributed by atoms with van der Waals surface area (Å²) in [6, 6.07) is 7.14. The minimum Gasteiger partial charge on any atom is -0.353 e. The summed E-state index contributed by atoms with van der Waals surface area (Å²) in [5, 5.41) is 3.69. The van der Waals surface area contributed by atoms with Gasteiger partial charge in [0.05, 0.1) is 0 Å². The van der Waals surface area contributed by atoms with Crippen LogP contribution in [0.2, 0.25) is 5.02 Å². The fraction of sp³-hybridized carbons (Fsp3) is 0.529. The highest BCUT2D eigenvalue weighted by atomic mass is 35.5. The summed E-state index contributed by atoms with van der Waals surface area (Å²) in [5.41, 5.74) is 0.659. The topological polar surface area (TPSA) is 49.4 Å². The van der Waals surface area contributed by atoms with Crippen LogP contribution in [-0.4, -0.2) is 35.8 Å². The third-order valence-corrected chi connectivity index (χ3v) is 4.08. The van der Waals surface area contributed by atoms with Crippen LogP contribution in [0.4, 0.5) is 0 Å². The van der Waals surface area contributed by atoms with Crippen LogP contribution < -0.4 is 5.32 Å². The van der Waals surface area contributed by atoms with Gasteiger partial charge in [0.15, 0.2) is 0 Å². The number of rotatable bonds is 4. The number of nitrogens with zero attached hydrogens (tertiary/aromatic N) is 1. The molecule has 1 aromatic rings. The third-order valence-electron chi connectivity index (χ3n) is 3.83. The van der Waals surface area contributed by atoms with Crippen molar-refractivity contribution in [1.29, 1.82) is 0 Å². The molecule has 1 aliphatic rings. The van der Waals surface area contributed by atoms with Crippen molar-refractivity contribution in [3.63, 3.8) is 0 Å². The summed E-state index contributed by atoms with van der Waals surface area (Å²) in [6.45, 7) is 5.42. The van der Waals surface area contributed by atoms with E-state index in [1.807, 2.05) is 18.7 Å². The molecule has 0 bridgehead atoms. The molecule has 0 radical (unpaired) electrons. The Morgan fingerprint density at radius 3 is 2.36 bits per heavy atom. The van der Waals surface area contributed by atoms with Crippen LogP contribution in [0.25, 0.3) is 0 Å². The average molecular weight is 323 g/mol. The summed E-state index contributed by atoms with van der Waals surface area (Å²) in [7, 11) is 0. The van der Waals surface area contributed by atoms with Gasteiger partial charge in [-0.2, -0.15) is 0 Å². The summed E-state index contributed by atoms with van der Waals surface area (Å²) < 4.78 is 0. The minimum atomic E-state index is 0.0311. The van der Waals surface area contributed by atoms with E-state index in [0.29, 0.717) is 36.0 Å². The summed E-state index contributed by atoms with van der Waals surface area (Å²) in [4.78, 5) is 26.0. The molecule has 4 nitrogen and oxygen atoms in total. The zero-order valence-corrected chi connectivity index (χ0v) is 13.9. The molecule has 5 heteroatoms. The average Bonchev–Trinajstić information content (AvgIpc) is 2.47. The molecular weight excluding hydrogens is 300 g/mol. The number of benzene rings is 1. The molecule has 0 spiro atoms. The fourth-order valence-corrected chi connectivity index (χ4v) is 2.79. The molecule has 0 saturated carbocycles. The Balaban J connectivity index is 1.83. The molecule has 2 rings (SSSR count). The monoisotopic (exact) mass is 322 g/mol. The van der Waals surface area contributed by atoms with Crippen LogP contribution in [0, 0.1) is 5.92 Å². The van der Waals surface area contributed by atoms with E-state index in [9.17, 15) is 9.59 Å².